The third-order valence-corrected chi connectivity index (χ3v) is 10.1. The average Bonchev–Trinajstić information content (AvgIpc) is 3.04. The SMILES string of the molecule is CC1=C(C)C([Si](C)(C)NC2C=CC=CC2)c2c1sc1ccccc21. The lowest BCUT2D eigenvalue weighted by molar-refractivity contribution is 0.721. The Balaban J connectivity index is 1.78. The highest BCUT2D eigenvalue weighted by atomic mass is 32.1. The number of benzene rings is 1. The molecule has 2 atom stereocenters. The van der Waals surface area contributed by atoms with Crippen LogP contribution in [0.15, 0.2) is 54.1 Å². The Labute approximate surface area is 149 Å². The quantitative estimate of drug-likeness (QED) is 0.668. The topological polar surface area (TPSA) is 12.0 Å². The fraction of sp³-hybridized carbons (Fsp3) is 0.333. The molecule has 0 fully saturated rings. The van der Waals surface area contributed by atoms with E-state index in [1.165, 1.54) is 20.5 Å². The minimum absolute atomic E-state index is 0.485. The van der Waals surface area contributed by atoms with Gasteiger partial charge in [0.25, 0.3) is 0 Å². The lowest BCUT2D eigenvalue weighted by Gasteiger charge is -2.36. The normalized spacial score (nSPS) is 23.3. The van der Waals surface area contributed by atoms with Gasteiger partial charge >= 0.3 is 0 Å². The number of allylic oxidation sites excluding steroid dienone is 4. The van der Waals surface area contributed by atoms with E-state index in [9.17, 15) is 0 Å². The summed E-state index contributed by atoms with van der Waals surface area (Å²) in [7, 11) is -1.68. The van der Waals surface area contributed by atoms with Crippen molar-refractivity contribution in [3.05, 3.63) is 64.6 Å². The van der Waals surface area contributed by atoms with Crippen molar-refractivity contribution >= 4 is 35.2 Å². The molecule has 1 aromatic heterocycles. The number of thiophene rings is 1. The first-order valence-corrected chi connectivity index (χ1v) is 12.7. The monoisotopic (exact) mass is 351 g/mol. The van der Waals surface area contributed by atoms with Crippen LogP contribution in [-0.2, 0) is 0 Å². The van der Waals surface area contributed by atoms with Crippen LogP contribution in [0, 0.1) is 0 Å². The molecule has 2 aliphatic carbocycles. The number of rotatable bonds is 3. The van der Waals surface area contributed by atoms with Crippen molar-refractivity contribution in [2.75, 3.05) is 0 Å². The van der Waals surface area contributed by atoms with E-state index in [-0.39, 0.29) is 0 Å². The maximum absolute atomic E-state index is 4.05. The first kappa shape index (κ1) is 16.1. The van der Waals surface area contributed by atoms with Crippen LogP contribution in [0.4, 0.5) is 0 Å². The van der Waals surface area contributed by atoms with Gasteiger partial charge in [-0.1, -0.05) is 61.2 Å². The average molecular weight is 352 g/mol. The molecule has 2 unspecified atom stereocenters. The van der Waals surface area contributed by atoms with Gasteiger partial charge in [-0.25, -0.2) is 0 Å². The summed E-state index contributed by atoms with van der Waals surface area (Å²) in [6.07, 6.45) is 10.0. The fourth-order valence-corrected chi connectivity index (χ4v) is 9.46. The summed E-state index contributed by atoms with van der Waals surface area (Å²) in [5, 5.41) is 1.47. The predicted octanol–water partition coefficient (Wildman–Crippen LogP) is 6.01. The Morgan fingerprint density at radius 1 is 1.12 bits per heavy atom. The molecule has 1 N–H and O–H groups in total. The van der Waals surface area contributed by atoms with Gasteiger partial charge in [-0.2, -0.15) is 0 Å². The van der Waals surface area contributed by atoms with Crippen molar-refractivity contribution in [1.29, 1.82) is 0 Å². The van der Waals surface area contributed by atoms with E-state index in [2.05, 4.69) is 80.5 Å². The first-order chi connectivity index (χ1) is 11.5. The zero-order chi connectivity index (χ0) is 16.9. The number of hydrogen-bond donors (Lipinski definition) is 1. The van der Waals surface area contributed by atoms with Crippen LogP contribution < -0.4 is 4.98 Å². The summed E-state index contributed by atoms with van der Waals surface area (Å²) in [6, 6.07) is 9.42. The minimum Gasteiger partial charge on any atom is -0.330 e. The molecule has 1 heterocycles. The lowest BCUT2D eigenvalue weighted by Crippen LogP contribution is -2.54. The Hall–Kier alpha value is -1.42. The Morgan fingerprint density at radius 2 is 1.92 bits per heavy atom. The van der Waals surface area contributed by atoms with Crippen molar-refractivity contribution < 1.29 is 0 Å². The highest BCUT2D eigenvalue weighted by molar-refractivity contribution is 7.20. The van der Waals surface area contributed by atoms with Gasteiger partial charge in [0.05, 0.1) is 0 Å². The van der Waals surface area contributed by atoms with Crippen LogP contribution in [0.1, 0.15) is 36.3 Å². The maximum atomic E-state index is 4.05. The fourth-order valence-electron chi connectivity index (χ4n) is 4.39. The van der Waals surface area contributed by atoms with Crippen LogP contribution in [0.3, 0.4) is 0 Å². The smallest absolute Gasteiger partial charge is 0.131 e. The molecule has 1 nitrogen and oxygen atoms in total. The summed E-state index contributed by atoms with van der Waals surface area (Å²) >= 11 is 1.98. The molecule has 0 bridgehead atoms. The molecule has 24 heavy (non-hydrogen) atoms. The largest absolute Gasteiger partial charge is 0.330 e. The van der Waals surface area contributed by atoms with Gasteiger partial charge in [-0.05, 0) is 42.9 Å². The summed E-state index contributed by atoms with van der Waals surface area (Å²) in [5.41, 5.74) is 5.27. The number of hydrogen-bond acceptors (Lipinski definition) is 2. The predicted molar refractivity (Wildman–Crippen MR) is 110 cm³/mol. The Kier molecular flexibility index (Phi) is 3.90. The van der Waals surface area contributed by atoms with Gasteiger partial charge in [-0.3, -0.25) is 0 Å². The van der Waals surface area contributed by atoms with E-state index >= 15 is 0 Å². The molecule has 0 aliphatic heterocycles. The van der Waals surface area contributed by atoms with Gasteiger partial charge in [0.1, 0.15) is 8.24 Å². The third kappa shape index (κ3) is 2.46. The molecular formula is C21H25NSSi. The molecule has 4 rings (SSSR count). The molecule has 2 aromatic rings. The zero-order valence-corrected chi connectivity index (χ0v) is 16.7. The van der Waals surface area contributed by atoms with Gasteiger partial charge in [-0.15, -0.1) is 11.3 Å². The van der Waals surface area contributed by atoms with E-state index in [4.69, 9.17) is 0 Å². The molecule has 124 valence electrons. The van der Waals surface area contributed by atoms with Crippen LogP contribution in [0.25, 0.3) is 15.7 Å². The van der Waals surface area contributed by atoms with Crippen molar-refractivity contribution in [3.63, 3.8) is 0 Å². The minimum atomic E-state index is -1.68. The van der Waals surface area contributed by atoms with Crippen molar-refractivity contribution in [2.24, 2.45) is 0 Å². The van der Waals surface area contributed by atoms with Gasteiger partial charge in [0.2, 0.25) is 0 Å². The molecule has 0 spiro atoms. The van der Waals surface area contributed by atoms with Crippen molar-refractivity contribution in [3.8, 4) is 0 Å². The molecule has 0 saturated carbocycles. The van der Waals surface area contributed by atoms with E-state index in [1.807, 2.05) is 11.3 Å². The molecule has 1 aromatic carbocycles. The second kappa shape index (κ2) is 5.83. The highest BCUT2D eigenvalue weighted by Gasteiger charge is 2.42. The molecule has 3 heteroatoms. The van der Waals surface area contributed by atoms with E-state index in [0.29, 0.717) is 11.6 Å². The highest BCUT2D eigenvalue weighted by Crippen LogP contribution is 2.52. The summed E-state index contributed by atoms with van der Waals surface area (Å²) in [5.74, 6) is 0. The van der Waals surface area contributed by atoms with Gasteiger partial charge in [0.15, 0.2) is 0 Å². The van der Waals surface area contributed by atoms with Crippen molar-refractivity contribution in [2.45, 2.75) is 44.9 Å². The lowest BCUT2D eigenvalue weighted by atomic mass is 10.1. The van der Waals surface area contributed by atoms with Crippen LogP contribution in [0.2, 0.25) is 13.1 Å². The Morgan fingerprint density at radius 3 is 2.67 bits per heavy atom. The summed E-state index contributed by atoms with van der Waals surface area (Å²) < 4.78 is 1.43. The number of nitrogens with one attached hydrogen (secondary N) is 1. The third-order valence-electron chi connectivity index (χ3n) is 5.55. The van der Waals surface area contributed by atoms with Crippen LogP contribution in [-0.4, -0.2) is 14.3 Å². The summed E-state index contributed by atoms with van der Waals surface area (Å²) in [6.45, 7) is 9.68. The van der Waals surface area contributed by atoms with Gasteiger partial charge < -0.3 is 4.98 Å². The van der Waals surface area contributed by atoms with Gasteiger partial charge in [0, 0.05) is 21.2 Å². The van der Waals surface area contributed by atoms with Crippen LogP contribution >= 0.6 is 11.3 Å². The first-order valence-electron chi connectivity index (χ1n) is 8.79. The molecule has 2 aliphatic rings. The van der Waals surface area contributed by atoms with E-state index < -0.39 is 8.24 Å². The van der Waals surface area contributed by atoms with E-state index in [1.54, 1.807) is 11.1 Å². The standard InChI is InChI=1S/C21H25NSSi/c1-14-15(2)21(24(3,4)22-16-10-6-5-7-11-16)19-17-12-8-9-13-18(17)23-20(14)19/h5-10,12-13,16,21-22H,11H2,1-4H3. The molecular weight excluding hydrogens is 326 g/mol. The Bertz CT molecular complexity index is 884. The van der Waals surface area contributed by atoms with E-state index in [0.717, 1.165) is 6.42 Å². The second-order valence-electron chi connectivity index (χ2n) is 7.60. The maximum Gasteiger partial charge on any atom is 0.131 e. The molecule has 0 amide bonds. The second-order valence-corrected chi connectivity index (χ2v) is 13.0. The molecule has 0 radical (unpaired) electrons. The van der Waals surface area contributed by atoms with Crippen LogP contribution in [0.5, 0.6) is 0 Å². The number of fused-ring (bicyclic) bond motifs is 3. The summed E-state index contributed by atoms with van der Waals surface area (Å²) in [4.78, 5) is 5.58. The zero-order valence-electron chi connectivity index (χ0n) is 14.9. The van der Waals surface area contributed by atoms with Crippen molar-refractivity contribution in [1.82, 2.24) is 4.98 Å². The molecule has 0 saturated heterocycles.